The molecule has 1 N–H and O–H groups in total. The molecule has 0 aromatic carbocycles. The molecule has 0 aliphatic rings. The second-order valence-electron chi connectivity index (χ2n) is 2.84. The van der Waals surface area contributed by atoms with Crippen LogP contribution in [0.4, 0.5) is 14.6 Å². The lowest BCUT2D eigenvalue weighted by atomic mass is 10.4. The van der Waals surface area contributed by atoms with E-state index in [0.29, 0.717) is 17.4 Å². The van der Waals surface area contributed by atoms with Gasteiger partial charge in [-0.2, -0.15) is 4.98 Å². The van der Waals surface area contributed by atoms with E-state index in [2.05, 4.69) is 10.3 Å². The van der Waals surface area contributed by atoms with E-state index in [1.54, 1.807) is 0 Å². The molecule has 0 unspecified atom stereocenters. The Morgan fingerprint density at radius 3 is 2.69 bits per heavy atom. The SMILES string of the molecule is CCNc1nc(OCC(F)F)c(Cl)cc1Cl. The quantitative estimate of drug-likeness (QED) is 0.890. The molecule has 1 aromatic heterocycles. The summed E-state index contributed by atoms with van der Waals surface area (Å²) in [6.07, 6.45) is -2.57. The average Bonchev–Trinajstić information content (AvgIpc) is 2.20. The first-order chi connectivity index (χ1) is 7.54. The van der Waals surface area contributed by atoms with Gasteiger partial charge in [0, 0.05) is 6.54 Å². The third kappa shape index (κ3) is 3.64. The van der Waals surface area contributed by atoms with Crippen molar-refractivity contribution in [2.24, 2.45) is 0 Å². The third-order valence-electron chi connectivity index (χ3n) is 1.59. The number of nitrogens with one attached hydrogen (secondary N) is 1. The van der Waals surface area contributed by atoms with E-state index < -0.39 is 13.0 Å². The van der Waals surface area contributed by atoms with Gasteiger partial charge >= 0.3 is 0 Å². The second kappa shape index (κ2) is 6.06. The predicted molar refractivity (Wildman–Crippen MR) is 59.9 cm³/mol. The van der Waals surface area contributed by atoms with E-state index in [9.17, 15) is 8.78 Å². The summed E-state index contributed by atoms with van der Waals surface area (Å²) in [5, 5.41) is 3.28. The Labute approximate surface area is 102 Å². The van der Waals surface area contributed by atoms with E-state index in [1.165, 1.54) is 6.07 Å². The van der Waals surface area contributed by atoms with Crippen molar-refractivity contribution in [3.05, 3.63) is 16.1 Å². The maximum absolute atomic E-state index is 11.9. The van der Waals surface area contributed by atoms with Gasteiger partial charge in [0.05, 0.1) is 5.02 Å². The number of rotatable bonds is 5. The average molecular weight is 271 g/mol. The standard InChI is InChI=1S/C9H10Cl2F2N2O/c1-2-14-8-5(10)3-6(11)9(15-8)16-4-7(12)13/h3,7H,2,4H2,1H3,(H,14,15). The van der Waals surface area contributed by atoms with Crippen LogP contribution in [-0.2, 0) is 0 Å². The minimum Gasteiger partial charge on any atom is -0.470 e. The van der Waals surface area contributed by atoms with E-state index in [4.69, 9.17) is 27.9 Å². The van der Waals surface area contributed by atoms with Crippen molar-refractivity contribution in [1.29, 1.82) is 0 Å². The molecule has 0 aliphatic heterocycles. The largest absolute Gasteiger partial charge is 0.470 e. The minimum absolute atomic E-state index is 0.0534. The van der Waals surface area contributed by atoms with Crippen LogP contribution in [0.1, 0.15) is 6.92 Å². The Hall–Kier alpha value is -0.810. The van der Waals surface area contributed by atoms with Gasteiger partial charge in [-0.15, -0.1) is 0 Å². The highest BCUT2D eigenvalue weighted by Gasteiger charge is 2.12. The van der Waals surface area contributed by atoms with Crippen molar-refractivity contribution >= 4 is 29.0 Å². The van der Waals surface area contributed by atoms with Crippen LogP contribution < -0.4 is 10.1 Å². The maximum atomic E-state index is 11.9. The van der Waals surface area contributed by atoms with E-state index in [0.717, 1.165) is 0 Å². The van der Waals surface area contributed by atoms with Gasteiger partial charge in [-0.25, -0.2) is 8.78 Å². The number of ether oxygens (including phenoxy) is 1. The van der Waals surface area contributed by atoms with E-state index >= 15 is 0 Å². The Morgan fingerprint density at radius 1 is 1.44 bits per heavy atom. The van der Waals surface area contributed by atoms with Crippen LogP contribution in [0.25, 0.3) is 0 Å². The van der Waals surface area contributed by atoms with Crippen molar-refractivity contribution in [2.75, 3.05) is 18.5 Å². The van der Waals surface area contributed by atoms with Gasteiger partial charge in [-0.1, -0.05) is 23.2 Å². The highest BCUT2D eigenvalue weighted by atomic mass is 35.5. The second-order valence-corrected chi connectivity index (χ2v) is 3.65. The number of anilines is 1. The molecule has 0 bridgehead atoms. The molecule has 16 heavy (non-hydrogen) atoms. The number of pyridine rings is 1. The number of hydrogen-bond acceptors (Lipinski definition) is 3. The molecule has 0 saturated heterocycles. The molecular weight excluding hydrogens is 261 g/mol. The van der Waals surface area contributed by atoms with Gasteiger partial charge in [-0.05, 0) is 13.0 Å². The number of aromatic nitrogens is 1. The molecule has 7 heteroatoms. The van der Waals surface area contributed by atoms with E-state index in [1.807, 2.05) is 6.92 Å². The van der Waals surface area contributed by atoms with Crippen molar-refractivity contribution < 1.29 is 13.5 Å². The molecular formula is C9H10Cl2F2N2O. The summed E-state index contributed by atoms with van der Waals surface area (Å²) in [6, 6.07) is 1.40. The van der Waals surface area contributed by atoms with Crippen LogP contribution in [0.5, 0.6) is 5.88 Å². The zero-order chi connectivity index (χ0) is 12.1. The van der Waals surface area contributed by atoms with Crippen LogP contribution in [-0.4, -0.2) is 24.6 Å². The molecule has 0 saturated carbocycles. The lowest BCUT2D eigenvalue weighted by molar-refractivity contribution is 0.0797. The fourth-order valence-electron chi connectivity index (χ4n) is 0.984. The number of nitrogens with zero attached hydrogens (tertiary/aromatic N) is 1. The van der Waals surface area contributed by atoms with Crippen LogP contribution in [0.2, 0.25) is 10.0 Å². The van der Waals surface area contributed by atoms with Crippen molar-refractivity contribution in [3.63, 3.8) is 0 Å². The maximum Gasteiger partial charge on any atom is 0.272 e. The molecule has 1 rings (SSSR count). The third-order valence-corrected chi connectivity index (χ3v) is 2.15. The Balaban J connectivity index is 2.86. The molecule has 0 aliphatic carbocycles. The summed E-state index contributed by atoms with van der Waals surface area (Å²) in [6.45, 7) is 1.70. The van der Waals surface area contributed by atoms with Crippen molar-refractivity contribution in [2.45, 2.75) is 13.3 Å². The molecule has 0 radical (unpaired) electrons. The minimum atomic E-state index is -2.57. The predicted octanol–water partition coefficient (Wildman–Crippen LogP) is 3.46. The zero-order valence-corrected chi connectivity index (χ0v) is 9.95. The smallest absolute Gasteiger partial charge is 0.272 e. The summed E-state index contributed by atoms with van der Waals surface area (Å²) < 4.78 is 28.6. The normalized spacial score (nSPS) is 10.6. The van der Waals surface area contributed by atoms with Crippen LogP contribution in [0.15, 0.2) is 6.07 Å². The summed E-state index contributed by atoms with van der Waals surface area (Å²) in [4.78, 5) is 3.90. The Bertz CT molecular complexity index is 364. The fraction of sp³-hybridized carbons (Fsp3) is 0.444. The van der Waals surface area contributed by atoms with Crippen LogP contribution in [0, 0.1) is 0 Å². The summed E-state index contributed by atoms with van der Waals surface area (Å²) in [5.74, 6) is 0.306. The van der Waals surface area contributed by atoms with Crippen LogP contribution >= 0.6 is 23.2 Å². The first-order valence-electron chi connectivity index (χ1n) is 4.55. The molecule has 0 atom stereocenters. The van der Waals surface area contributed by atoms with Gasteiger partial charge < -0.3 is 10.1 Å². The molecule has 1 aromatic rings. The lowest BCUT2D eigenvalue weighted by Gasteiger charge is -2.10. The van der Waals surface area contributed by atoms with Gasteiger partial charge in [0.2, 0.25) is 5.88 Å². The summed E-state index contributed by atoms with van der Waals surface area (Å²) >= 11 is 11.6. The van der Waals surface area contributed by atoms with Gasteiger partial charge in [0.1, 0.15) is 10.8 Å². The molecule has 0 fully saturated rings. The Morgan fingerprint density at radius 2 is 2.12 bits per heavy atom. The molecule has 1 heterocycles. The molecule has 0 spiro atoms. The summed E-state index contributed by atoms with van der Waals surface area (Å²) in [5.41, 5.74) is 0. The topological polar surface area (TPSA) is 34.2 Å². The number of halogens is 4. The van der Waals surface area contributed by atoms with E-state index in [-0.39, 0.29) is 10.9 Å². The van der Waals surface area contributed by atoms with Crippen molar-refractivity contribution in [3.8, 4) is 5.88 Å². The zero-order valence-electron chi connectivity index (χ0n) is 8.44. The number of hydrogen-bond donors (Lipinski definition) is 1. The molecule has 0 amide bonds. The van der Waals surface area contributed by atoms with Crippen LogP contribution in [0.3, 0.4) is 0 Å². The fourth-order valence-corrected chi connectivity index (χ4v) is 1.46. The highest BCUT2D eigenvalue weighted by Crippen LogP contribution is 2.30. The van der Waals surface area contributed by atoms with Gasteiger partial charge in [0.25, 0.3) is 6.43 Å². The first-order valence-corrected chi connectivity index (χ1v) is 5.31. The summed E-state index contributed by atoms with van der Waals surface area (Å²) in [7, 11) is 0. The Kier molecular flexibility index (Phi) is 5.02. The molecule has 90 valence electrons. The highest BCUT2D eigenvalue weighted by molar-refractivity contribution is 6.36. The van der Waals surface area contributed by atoms with Gasteiger partial charge in [0.15, 0.2) is 6.61 Å². The van der Waals surface area contributed by atoms with Crippen molar-refractivity contribution in [1.82, 2.24) is 4.98 Å². The number of alkyl halides is 2. The lowest BCUT2D eigenvalue weighted by Crippen LogP contribution is -2.09. The monoisotopic (exact) mass is 270 g/mol. The first kappa shape index (κ1) is 13.3. The molecule has 3 nitrogen and oxygen atoms in total. The van der Waals surface area contributed by atoms with Gasteiger partial charge in [-0.3, -0.25) is 0 Å².